The fourth-order valence-corrected chi connectivity index (χ4v) is 3.91. The number of rotatable bonds is 7. The number of halogens is 1. The average molecular weight is 365 g/mol. The van der Waals surface area contributed by atoms with Gasteiger partial charge in [0.05, 0.1) is 18.1 Å². The summed E-state index contributed by atoms with van der Waals surface area (Å²) in [4.78, 5) is 0.230. The molecule has 8 heteroatoms. The molecule has 1 N–H and O–H groups in total. The third-order valence-electron chi connectivity index (χ3n) is 3.74. The van der Waals surface area contributed by atoms with E-state index >= 15 is 0 Å². The summed E-state index contributed by atoms with van der Waals surface area (Å²) in [6.07, 6.45) is 0.824. The van der Waals surface area contributed by atoms with Crippen molar-refractivity contribution in [1.29, 1.82) is 0 Å². The minimum absolute atomic E-state index is 0. The lowest BCUT2D eigenvalue weighted by atomic mass is 10.3. The van der Waals surface area contributed by atoms with Gasteiger partial charge in [0.25, 0.3) is 0 Å². The van der Waals surface area contributed by atoms with Gasteiger partial charge in [0.1, 0.15) is 0 Å². The maximum atomic E-state index is 12.7. The second-order valence-electron chi connectivity index (χ2n) is 5.14. The molecule has 0 aliphatic carbocycles. The second kappa shape index (κ2) is 8.73. The van der Waals surface area contributed by atoms with Crippen molar-refractivity contribution in [3.63, 3.8) is 0 Å². The Balaban J connectivity index is 0.00000264. The SMILES string of the molecule is CCOc1ccc(S(=O)(=O)N(C)C2CCNC2)cc1OCC.Cl. The highest BCUT2D eigenvalue weighted by Crippen LogP contribution is 2.31. The van der Waals surface area contributed by atoms with Crippen LogP contribution < -0.4 is 14.8 Å². The summed E-state index contributed by atoms with van der Waals surface area (Å²) >= 11 is 0. The molecule has 0 saturated carbocycles. The zero-order valence-corrected chi connectivity index (χ0v) is 15.4. The molecule has 1 fully saturated rings. The highest BCUT2D eigenvalue weighted by Gasteiger charge is 2.30. The Morgan fingerprint density at radius 2 is 1.87 bits per heavy atom. The Morgan fingerprint density at radius 1 is 1.22 bits per heavy atom. The van der Waals surface area contributed by atoms with Crippen LogP contribution in [0.5, 0.6) is 11.5 Å². The molecule has 2 rings (SSSR count). The number of hydrogen-bond acceptors (Lipinski definition) is 5. The summed E-state index contributed by atoms with van der Waals surface area (Å²) in [5.41, 5.74) is 0. The first kappa shape index (κ1) is 20.0. The molecule has 1 aliphatic rings. The monoisotopic (exact) mass is 364 g/mol. The van der Waals surface area contributed by atoms with Gasteiger partial charge >= 0.3 is 0 Å². The van der Waals surface area contributed by atoms with Crippen molar-refractivity contribution in [1.82, 2.24) is 9.62 Å². The van der Waals surface area contributed by atoms with Crippen LogP contribution in [-0.2, 0) is 10.0 Å². The molecule has 6 nitrogen and oxygen atoms in total. The van der Waals surface area contributed by atoms with Gasteiger partial charge in [0.2, 0.25) is 10.0 Å². The smallest absolute Gasteiger partial charge is 0.243 e. The first-order valence-electron chi connectivity index (χ1n) is 7.59. The molecular weight excluding hydrogens is 340 g/mol. The highest BCUT2D eigenvalue weighted by molar-refractivity contribution is 7.89. The minimum Gasteiger partial charge on any atom is -0.490 e. The maximum absolute atomic E-state index is 12.7. The summed E-state index contributed by atoms with van der Waals surface area (Å²) in [5.74, 6) is 1.02. The average Bonchev–Trinajstić information content (AvgIpc) is 3.02. The van der Waals surface area contributed by atoms with E-state index in [1.165, 1.54) is 4.31 Å². The van der Waals surface area contributed by atoms with Crippen molar-refractivity contribution < 1.29 is 17.9 Å². The van der Waals surface area contributed by atoms with Gasteiger partial charge in [-0.2, -0.15) is 4.31 Å². The summed E-state index contributed by atoms with van der Waals surface area (Å²) < 4.78 is 37.9. The van der Waals surface area contributed by atoms with Crippen LogP contribution in [0.4, 0.5) is 0 Å². The van der Waals surface area contributed by atoms with Crippen LogP contribution in [0, 0.1) is 0 Å². The molecule has 1 atom stereocenters. The first-order valence-corrected chi connectivity index (χ1v) is 9.03. The van der Waals surface area contributed by atoms with E-state index < -0.39 is 10.0 Å². The van der Waals surface area contributed by atoms with Crippen molar-refractivity contribution in [2.24, 2.45) is 0 Å². The van der Waals surface area contributed by atoms with Crippen molar-refractivity contribution >= 4 is 22.4 Å². The van der Waals surface area contributed by atoms with Crippen LogP contribution in [0.1, 0.15) is 20.3 Å². The summed E-state index contributed by atoms with van der Waals surface area (Å²) in [6.45, 7) is 6.21. The summed E-state index contributed by atoms with van der Waals surface area (Å²) in [5, 5.41) is 3.18. The fraction of sp³-hybridized carbons (Fsp3) is 0.600. The lowest BCUT2D eigenvalue weighted by Gasteiger charge is -2.23. The zero-order valence-electron chi connectivity index (χ0n) is 13.7. The van der Waals surface area contributed by atoms with Gasteiger partial charge in [-0.3, -0.25) is 0 Å². The van der Waals surface area contributed by atoms with Crippen LogP contribution in [-0.4, -0.2) is 52.1 Å². The van der Waals surface area contributed by atoms with E-state index in [1.54, 1.807) is 25.2 Å². The quantitative estimate of drug-likeness (QED) is 0.800. The lowest BCUT2D eigenvalue weighted by molar-refractivity contribution is 0.287. The molecule has 0 radical (unpaired) electrons. The van der Waals surface area contributed by atoms with E-state index in [2.05, 4.69) is 5.32 Å². The van der Waals surface area contributed by atoms with Crippen LogP contribution in [0.15, 0.2) is 23.1 Å². The molecule has 1 saturated heterocycles. The zero-order chi connectivity index (χ0) is 16.2. The van der Waals surface area contributed by atoms with E-state index in [4.69, 9.17) is 9.47 Å². The fourth-order valence-electron chi connectivity index (χ4n) is 2.50. The molecule has 1 aromatic rings. The molecule has 0 spiro atoms. The van der Waals surface area contributed by atoms with Gasteiger partial charge in [0, 0.05) is 25.7 Å². The number of likely N-dealkylation sites (N-methyl/N-ethyl adjacent to an activating group) is 1. The third-order valence-corrected chi connectivity index (χ3v) is 5.65. The first-order chi connectivity index (χ1) is 10.5. The maximum Gasteiger partial charge on any atom is 0.243 e. The van der Waals surface area contributed by atoms with Gasteiger partial charge < -0.3 is 14.8 Å². The third kappa shape index (κ3) is 4.50. The van der Waals surface area contributed by atoms with Gasteiger partial charge in [-0.15, -0.1) is 12.4 Å². The number of sulfonamides is 1. The Labute approximate surface area is 144 Å². The molecule has 132 valence electrons. The molecule has 1 aromatic carbocycles. The molecule has 23 heavy (non-hydrogen) atoms. The van der Waals surface area contributed by atoms with Crippen LogP contribution in [0.2, 0.25) is 0 Å². The van der Waals surface area contributed by atoms with Crippen LogP contribution >= 0.6 is 12.4 Å². The Morgan fingerprint density at radius 3 is 2.43 bits per heavy atom. The summed E-state index contributed by atoms with van der Waals surface area (Å²) in [6, 6.07) is 4.76. The van der Waals surface area contributed by atoms with Gasteiger partial charge in [0.15, 0.2) is 11.5 Å². The van der Waals surface area contributed by atoms with Crippen LogP contribution in [0.25, 0.3) is 0 Å². The summed E-state index contributed by atoms with van der Waals surface area (Å²) in [7, 11) is -1.91. The van der Waals surface area contributed by atoms with Crippen molar-refractivity contribution in [2.45, 2.75) is 31.2 Å². The number of nitrogens with zero attached hydrogens (tertiary/aromatic N) is 1. The molecule has 0 aromatic heterocycles. The molecular formula is C15H25ClN2O4S. The van der Waals surface area contributed by atoms with Crippen molar-refractivity contribution in [3.8, 4) is 11.5 Å². The van der Waals surface area contributed by atoms with Crippen LogP contribution in [0.3, 0.4) is 0 Å². The normalized spacial score (nSPS) is 17.8. The second-order valence-corrected chi connectivity index (χ2v) is 7.14. The molecule has 0 bridgehead atoms. The lowest BCUT2D eigenvalue weighted by Crippen LogP contribution is -2.38. The van der Waals surface area contributed by atoms with Crippen molar-refractivity contribution in [3.05, 3.63) is 18.2 Å². The van der Waals surface area contributed by atoms with E-state index in [0.717, 1.165) is 13.0 Å². The predicted molar refractivity (Wildman–Crippen MR) is 92.3 cm³/mol. The minimum atomic E-state index is -3.54. The largest absolute Gasteiger partial charge is 0.490 e. The van der Waals surface area contributed by atoms with E-state index in [0.29, 0.717) is 31.3 Å². The number of hydrogen-bond donors (Lipinski definition) is 1. The standard InChI is InChI=1S/C15H24N2O4S.ClH/c1-4-20-14-7-6-13(10-15(14)21-5-2)22(18,19)17(3)12-8-9-16-11-12;/h6-7,10,12,16H,4-5,8-9,11H2,1-3H3;1H. The molecule has 1 aliphatic heterocycles. The van der Waals surface area contributed by atoms with Gasteiger partial charge in [-0.25, -0.2) is 8.42 Å². The number of nitrogens with one attached hydrogen (secondary N) is 1. The predicted octanol–water partition coefficient (Wildman–Crippen LogP) is 1.89. The van der Waals surface area contributed by atoms with E-state index in [1.807, 2.05) is 13.8 Å². The van der Waals surface area contributed by atoms with Crippen molar-refractivity contribution in [2.75, 3.05) is 33.4 Å². The van der Waals surface area contributed by atoms with E-state index in [9.17, 15) is 8.42 Å². The van der Waals surface area contributed by atoms with Gasteiger partial charge in [-0.1, -0.05) is 0 Å². The number of ether oxygens (including phenoxy) is 2. The molecule has 1 unspecified atom stereocenters. The van der Waals surface area contributed by atoms with E-state index in [-0.39, 0.29) is 23.3 Å². The van der Waals surface area contributed by atoms with Gasteiger partial charge in [-0.05, 0) is 38.9 Å². The Hall–Kier alpha value is -1.02. The molecule has 1 heterocycles. The number of benzene rings is 1. The topological polar surface area (TPSA) is 67.9 Å². The Bertz CT molecular complexity index is 603. The molecule has 0 amide bonds. The Kier molecular flexibility index (Phi) is 7.60. The highest BCUT2D eigenvalue weighted by atomic mass is 35.5.